The van der Waals surface area contributed by atoms with Crippen LogP contribution in [-0.2, 0) is 9.53 Å². The summed E-state index contributed by atoms with van der Waals surface area (Å²) in [5, 5.41) is 2.82. The number of anilines is 2. The molecule has 0 spiro atoms. The SMILES string of the molecule is COC(=O)c1sc(-c2ccc(NC(=O)c3cnccn3)cc2)cc1N(CC1CC1)C(=O)[C@H]1CC[C@H](C)CC1. The van der Waals surface area contributed by atoms with Crippen LogP contribution in [0.1, 0.15) is 65.6 Å². The zero-order chi connectivity index (χ0) is 26.6. The highest BCUT2D eigenvalue weighted by molar-refractivity contribution is 7.18. The van der Waals surface area contributed by atoms with Crippen LogP contribution in [0, 0.1) is 17.8 Å². The van der Waals surface area contributed by atoms with E-state index in [-0.39, 0.29) is 23.4 Å². The van der Waals surface area contributed by atoms with Crippen LogP contribution in [-0.4, -0.2) is 41.4 Å². The summed E-state index contributed by atoms with van der Waals surface area (Å²) in [6.07, 6.45) is 10.5. The van der Waals surface area contributed by atoms with Crippen LogP contribution < -0.4 is 10.2 Å². The summed E-state index contributed by atoms with van der Waals surface area (Å²) in [4.78, 5) is 50.1. The number of thiophene rings is 1. The van der Waals surface area contributed by atoms with Gasteiger partial charge in [-0.05, 0) is 74.1 Å². The molecular weight excluding hydrogens is 500 g/mol. The molecule has 5 rings (SSSR count). The molecule has 0 radical (unpaired) electrons. The first-order chi connectivity index (χ1) is 18.4. The number of hydrogen-bond acceptors (Lipinski definition) is 7. The minimum atomic E-state index is -0.435. The minimum absolute atomic E-state index is 0.00371. The van der Waals surface area contributed by atoms with E-state index in [1.54, 1.807) is 12.1 Å². The highest BCUT2D eigenvalue weighted by atomic mass is 32.1. The molecule has 2 heterocycles. The second kappa shape index (κ2) is 11.4. The molecule has 1 aromatic carbocycles. The maximum absolute atomic E-state index is 13.8. The predicted octanol–water partition coefficient (Wildman–Crippen LogP) is 5.81. The third kappa shape index (κ3) is 5.93. The van der Waals surface area contributed by atoms with Gasteiger partial charge in [0.15, 0.2) is 0 Å². The van der Waals surface area contributed by atoms with E-state index in [9.17, 15) is 14.4 Å². The van der Waals surface area contributed by atoms with E-state index in [2.05, 4.69) is 22.2 Å². The average molecular weight is 533 g/mol. The number of amides is 2. The summed E-state index contributed by atoms with van der Waals surface area (Å²) >= 11 is 1.33. The summed E-state index contributed by atoms with van der Waals surface area (Å²) in [6.45, 7) is 2.88. The van der Waals surface area contributed by atoms with Crippen LogP contribution in [0.5, 0.6) is 0 Å². The highest BCUT2D eigenvalue weighted by Gasteiger charge is 2.35. The number of carbonyl (C=O) groups is 3. The number of ether oxygens (including phenoxy) is 1. The van der Waals surface area contributed by atoms with Crippen LogP contribution in [0.25, 0.3) is 10.4 Å². The Hall–Kier alpha value is -3.59. The van der Waals surface area contributed by atoms with Crippen molar-refractivity contribution >= 4 is 40.5 Å². The monoisotopic (exact) mass is 532 g/mol. The maximum Gasteiger partial charge on any atom is 0.350 e. The molecule has 2 aliphatic carbocycles. The van der Waals surface area contributed by atoms with E-state index in [4.69, 9.17) is 4.74 Å². The second-order valence-electron chi connectivity index (χ2n) is 10.3. The number of carbonyl (C=O) groups excluding carboxylic acids is 3. The first-order valence-corrected chi connectivity index (χ1v) is 14.0. The number of methoxy groups -OCH3 is 1. The van der Waals surface area contributed by atoms with Gasteiger partial charge in [-0.2, -0.15) is 0 Å². The Balaban J connectivity index is 1.40. The van der Waals surface area contributed by atoms with Gasteiger partial charge in [0, 0.05) is 35.4 Å². The highest BCUT2D eigenvalue weighted by Crippen LogP contribution is 2.41. The van der Waals surface area contributed by atoms with E-state index in [1.807, 2.05) is 23.1 Å². The number of esters is 1. The molecule has 0 bridgehead atoms. The van der Waals surface area contributed by atoms with Crippen LogP contribution >= 0.6 is 11.3 Å². The molecule has 0 unspecified atom stereocenters. The standard InChI is InChI=1S/C29H32N4O4S/c1-18-3-7-21(8-4-18)28(35)33(17-19-5-6-19)24-15-25(38-26(24)29(36)37-2)20-9-11-22(12-10-20)32-27(34)23-16-30-13-14-31-23/h9-16,18-19,21H,3-8,17H2,1-2H3,(H,32,34)/t18-,21-. The van der Waals surface area contributed by atoms with Gasteiger partial charge in [-0.3, -0.25) is 14.6 Å². The van der Waals surface area contributed by atoms with Crippen LogP contribution in [0.15, 0.2) is 48.9 Å². The van der Waals surface area contributed by atoms with Crippen molar-refractivity contribution in [2.75, 3.05) is 23.9 Å². The molecule has 2 aromatic heterocycles. The maximum atomic E-state index is 13.8. The molecule has 2 fully saturated rings. The van der Waals surface area contributed by atoms with E-state index >= 15 is 0 Å². The number of benzene rings is 1. The Labute approximate surface area is 226 Å². The first-order valence-electron chi connectivity index (χ1n) is 13.1. The van der Waals surface area contributed by atoms with E-state index in [0.29, 0.717) is 34.6 Å². The van der Waals surface area contributed by atoms with Crippen molar-refractivity contribution in [3.05, 3.63) is 59.5 Å². The van der Waals surface area contributed by atoms with Crippen LogP contribution in [0.2, 0.25) is 0 Å². The molecule has 198 valence electrons. The van der Waals surface area contributed by atoms with Gasteiger partial charge in [0.2, 0.25) is 5.91 Å². The largest absolute Gasteiger partial charge is 0.465 e. The zero-order valence-corrected chi connectivity index (χ0v) is 22.5. The molecule has 2 saturated carbocycles. The summed E-state index contributed by atoms with van der Waals surface area (Å²) in [5.41, 5.74) is 2.38. The molecule has 8 nitrogen and oxygen atoms in total. The number of aromatic nitrogens is 2. The number of nitrogens with zero attached hydrogens (tertiary/aromatic N) is 3. The Morgan fingerprint density at radius 2 is 1.79 bits per heavy atom. The number of rotatable bonds is 8. The Kier molecular flexibility index (Phi) is 7.83. The van der Waals surface area contributed by atoms with Crippen molar-refractivity contribution in [1.29, 1.82) is 0 Å². The molecule has 0 aliphatic heterocycles. The smallest absolute Gasteiger partial charge is 0.350 e. The fourth-order valence-electron chi connectivity index (χ4n) is 4.89. The third-order valence-corrected chi connectivity index (χ3v) is 8.52. The quantitative estimate of drug-likeness (QED) is 0.367. The number of hydrogen-bond donors (Lipinski definition) is 1. The molecule has 0 saturated heterocycles. The normalized spacial score (nSPS) is 19.0. The van der Waals surface area contributed by atoms with Crippen molar-refractivity contribution in [2.45, 2.75) is 45.4 Å². The van der Waals surface area contributed by atoms with Crippen LogP contribution in [0.3, 0.4) is 0 Å². The van der Waals surface area contributed by atoms with Gasteiger partial charge < -0.3 is 15.0 Å². The first kappa shape index (κ1) is 26.0. The Bertz CT molecular complexity index is 1300. The second-order valence-corrected chi connectivity index (χ2v) is 11.3. The molecule has 3 aromatic rings. The van der Waals surface area contributed by atoms with Gasteiger partial charge in [0.25, 0.3) is 5.91 Å². The van der Waals surface area contributed by atoms with E-state index in [0.717, 1.165) is 49.0 Å². The van der Waals surface area contributed by atoms with Gasteiger partial charge in [-0.15, -0.1) is 11.3 Å². The summed E-state index contributed by atoms with van der Waals surface area (Å²) in [6, 6.07) is 9.32. The van der Waals surface area contributed by atoms with Gasteiger partial charge in [0.05, 0.1) is 19.0 Å². The predicted molar refractivity (Wildman–Crippen MR) is 147 cm³/mol. The lowest BCUT2D eigenvalue weighted by atomic mass is 9.82. The lowest BCUT2D eigenvalue weighted by molar-refractivity contribution is -0.123. The molecule has 38 heavy (non-hydrogen) atoms. The van der Waals surface area contributed by atoms with Crippen LogP contribution in [0.4, 0.5) is 11.4 Å². The molecule has 1 N–H and O–H groups in total. The van der Waals surface area contributed by atoms with Gasteiger partial charge >= 0.3 is 5.97 Å². The molecule has 2 aliphatic rings. The third-order valence-electron chi connectivity index (χ3n) is 7.37. The summed E-state index contributed by atoms with van der Waals surface area (Å²) < 4.78 is 5.12. The summed E-state index contributed by atoms with van der Waals surface area (Å²) in [5.74, 6) is 0.477. The van der Waals surface area contributed by atoms with E-state index in [1.165, 1.54) is 37.0 Å². The lowest BCUT2D eigenvalue weighted by Gasteiger charge is -2.31. The minimum Gasteiger partial charge on any atom is -0.465 e. The van der Waals surface area contributed by atoms with Crippen molar-refractivity contribution in [3.63, 3.8) is 0 Å². The van der Waals surface area contributed by atoms with Crippen molar-refractivity contribution in [2.24, 2.45) is 17.8 Å². The fraction of sp³-hybridized carbons (Fsp3) is 0.414. The lowest BCUT2D eigenvalue weighted by Crippen LogP contribution is -2.39. The molecule has 2 amide bonds. The zero-order valence-electron chi connectivity index (χ0n) is 21.7. The average Bonchev–Trinajstić information content (AvgIpc) is 3.67. The fourth-order valence-corrected chi connectivity index (χ4v) is 5.97. The molecular formula is C29H32N4O4S. The Morgan fingerprint density at radius 3 is 2.42 bits per heavy atom. The topological polar surface area (TPSA) is 101 Å². The molecule has 9 heteroatoms. The van der Waals surface area contributed by atoms with Crippen molar-refractivity contribution in [1.82, 2.24) is 9.97 Å². The van der Waals surface area contributed by atoms with Crippen molar-refractivity contribution < 1.29 is 19.1 Å². The molecule has 0 atom stereocenters. The van der Waals surface area contributed by atoms with Gasteiger partial charge in [0.1, 0.15) is 10.6 Å². The van der Waals surface area contributed by atoms with Gasteiger partial charge in [-0.25, -0.2) is 9.78 Å². The van der Waals surface area contributed by atoms with Gasteiger partial charge in [-0.1, -0.05) is 19.1 Å². The van der Waals surface area contributed by atoms with E-state index < -0.39 is 5.97 Å². The summed E-state index contributed by atoms with van der Waals surface area (Å²) in [7, 11) is 1.37. The Morgan fingerprint density at radius 1 is 1.05 bits per heavy atom. The van der Waals surface area contributed by atoms with Crippen molar-refractivity contribution in [3.8, 4) is 10.4 Å². The number of nitrogens with one attached hydrogen (secondary N) is 1.